The Bertz CT molecular complexity index is 1460. The number of carbonyl (C=O) groups is 5. The summed E-state index contributed by atoms with van der Waals surface area (Å²) >= 11 is 3.85. The summed E-state index contributed by atoms with van der Waals surface area (Å²) in [4.78, 5) is 79.0. The minimum atomic E-state index is -1.26. The van der Waals surface area contributed by atoms with Gasteiger partial charge in [0.05, 0.1) is 16.2 Å². The molecule has 1 aliphatic rings. The highest BCUT2D eigenvalue weighted by molar-refractivity contribution is 8.04. The molecule has 3 rings (SSSR count). The van der Waals surface area contributed by atoms with Gasteiger partial charge in [0.15, 0.2) is 0 Å². The number of nitriles is 2. The van der Waals surface area contributed by atoms with Crippen molar-refractivity contribution in [3.05, 3.63) is 36.2 Å². The molecule has 0 spiro atoms. The maximum atomic E-state index is 14.5. The van der Waals surface area contributed by atoms with E-state index in [1.54, 1.807) is 6.07 Å². The zero-order valence-electron chi connectivity index (χ0n) is 25.1. The number of amides is 2. The number of hydrogen-bond acceptors (Lipinski definition) is 15. The number of aliphatic carboxylic acids is 2. The number of thiocyanates is 2. The highest BCUT2D eigenvalue weighted by Gasteiger charge is 2.43. The number of Topliss-reactive ketones (excluding diaryl/α,β-unsaturated/α-hetero) is 1. The number of carbonyl (C=O) groups excluding carboxylic acids is 3. The predicted octanol–water partition coefficient (Wildman–Crippen LogP) is 2.83. The average Bonchev–Trinajstić information content (AvgIpc) is 3.01. The molecule has 4 N–H and O–H groups in total. The number of ketones is 1. The second kappa shape index (κ2) is 18.4. The Morgan fingerprint density at radius 2 is 1.45 bits per heavy atom. The van der Waals surface area contributed by atoms with Gasteiger partial charge in [-0.2, -0.15) is 10.5 Å². The van der Waals surface area contributed by atoms with Crippen molar-refractivity contribution in [1.29, 1.82) is 10.5 Å². The Balaban J connectivity index is 2.03. The molecule has 248 valence electrons. The summed E-state index contributed by atoms with van der Waals surface area (Å²) in [5, 5.41) is 45.7. The normalized spacial score (nSPS) is 18.4. The van der Waals surface area contributed by atoms with E-state index < -0.39 is 58.2 Å². The summed E-state index contributed by atoms with van der Waals surface area (Å²) in [6, 6.07) is 0.602. The molecule has 15 nitrogen and oxygen atoms in total. The van der Waals surface area contributed by atoms with E-state index >= 15 is 0 Å². The molecule has 0 aliphatic heterocycles. The van der Waals surface area contributed by atoms with Crippen LogP contribution in [-0.4, -0.2) is 83.3 Å². The molecule has 47 heavy (non-hydrogen) atoms. The van der Waals surface area contributed by atoms with E-state index in [0.717, 1.165) is 47.0 Å². The fourth-order valence-corrected chi connectivity index (χ4v) is 8.50. The van der Waals surface area contributed by atoms with Gasteiger partial charge < -0.3 is 20.8 Å². The lowest BCUT2D eigenvalue weighted by molar-refractivity contribution is -0.141. The van der Waals surface area contributed by atoms with Crippen molar-refractivity contribution in [3.63, 3.8) is 0 Å². The first-order valence-corrected chi connectivity index (χ1v) is 17.7. The van der Waals surface area contributed by atoms with Crippen molar-refractivity contribution in [3.8, 4) is 10.8 Å². The third kappa shape index (κ3) is 11.1. The van der Waals surface area contributed by atoms with Crippen LogP contribution in [0.15, 0.2) is 34.7 Å². The fraction of sp³-hybridized carbons (Fsp3) is 0.464. The molecule has 1 fully saturated rings. The van der Waals surface area contributed by atoms with Gasteiger partial charge in [0.2, 0.25) is 11.8 Å². The molecular weight excluding hydrogens is 689 g/mol. The molecular formula is C28H30N8O7S4. The van der Waals surface area contributed by atoms with Gasteiger partial charge in [-0.15, -0.1) is 23.5 Å². The molecule has 1 saturated carbocycles. The summed E-state index contributed by atoms with van der Waals surface area (Å²) in [6.45, 7) is 2.40. The van der Waals surface area contributed by atoms with Crippen LogP contribution in [0.25, 0.3) is 0 Å². The van der Waals surface area contributed by atoms with E-state index in [4.69, 9.17) is 0 Å². The topological polar surface area (TPSA) is 249 Å². The second-order valence-electron chi connectivity index (χ2n) is 10.2. The van der Waals surface area contributed by atoms with Crippen LogP contribution in [0, 0.1) is 33.2 Å². The predicted molar refractivity (Wildman–Crippen MR) is 174 cm³/mol. The van der Waals surface area contributed by atoms with Crippen LogP contribution in [0.1, 0.15) is 55.1 Å². The molecule has 0 saturated heterocycles. The van der Waals surface area contributed by atoms with Gasteiger partial charge in [0, 0.05) is 66.9 Å². The van der Waals surface area contributed by atoms with E-state index in [1.807, 2.05) is 10.8 Å². The van der Waals surface area contributed by atoms with Gasteiger partial charge in [0.25, 0.3) is 0 Å². The number of thioether (sulfide) groups is 4. The van der Waals surface area contributed by atoms with Crippen LogP contribution in [-0.2, 0) is 24.0 Å². The molecule has 0 aromatic carbocycles. The van der Waals surface area contributed by atoms with Crippen LogP contribution in [0.3, 0.4) is 0 Å². The molecule has 2 amide bonds. The third-order valence-electron chi connectivity index (χ3n) is 6.89. The van der Waals surface area contributed by atoms with Gasteiger partial charge >= 0.3 is 11.9 Å². The Morgan fingerprint density at radius 1 is 0.894 bits per heavy atom. The van der Waals surface area contributed by atoms with Crippen molar-refractivity contribution >= 4 is 76.6 Å². The summed E-state index contributed by atoms with van der Waals surface area (Å²) in [6.07, 6.45) is 4.10. The third-order valence-corrected chi connectivity index (χ3v) is 10.8. The number of nitrogens with one attached hydrogen (secondary N) is 2. The summed E-state index contributed by atoms with van der Waals surface area (Å²) in [5.41, 5.74) is 0.401. The molecule has 1 aliphatic carbocycles. The standard InChI is InChI=1S/C28H30N8O7S4/c1-14(37)34-19(27(40)41)9-44-24(18-8-22(47-12-30)33-13-32-18)16-4-3-5-17(23(16)39)25(26-31-7-6-21(36-26)46-11-29)45-10-20(28(42)43)35-15(2)38/h6-8,13,16-17,19-20,24-25H,3-5,9-10H2,1-2H3,(H,34,37)(H,35,38)(H,40,41)(H,42,43). The smallest absolute Gasteiger partial charge is 0.327 e. The molecule has 19 heteroatoms. The quantitative estimate of drug-likeness (QED) is 0.111. The lowest BCUT2D eigenvalue weighted by Crippen LogP contribution is -2.42. The molecule has 2 aromatic rings. The fourth-order valence-electron chi connectivity index (χ4n) is 4.95. The maximum Gasteiger partial charge on any atom is 0.327 e. The molecule has 2 heterocycles. The minimum absolute atomic E-state index is 0.0928. The Kier molecular flexibility index (Phi) is 14.7. The zero-order chi connectivity index (χ0) is 34.5. The van der Waals surface area contributed by atoms with Crippen molar-refractivity contribution < 1.29 is 34.2 Å². The lowest BCUT2D eigenvalue weighted by atomic mass is 9.76. The van der Waals surface area contributed by atoms with Gasteiger partial charge in [-0.3, -0.25) is 14.4 Å². The van der Waals surface area contributed by atoms with Crippen molar-refractivity contribution in [2.45, 2.75) is 65.7 Å². The van der Waals surface area contributed by atoms with E-state index in [9.17, 15) is 44.7 Å². The number of hydrogen-bond donors (Lipinski definition) is 4. The van der Waals surface area contributed by atoms with Crippen LogP contribution < -0.4 is 10.6 Å². The highest BCUT2D eigenvalue weighted by atomic mass is 32.2. The summed E-state index contributed by atoms with van der Waals surface area (Å²) in [5.74, 6) is -5.20. The number of rotatable bonds is 16. The van der Waals surface area contributed by atoms with Gasteiger partial charge in [-0.25, -0.2) is 29.5 Å². The number of carboxylic acids is 2. The maximum absolute atomic E-state index is 14.5. The first kappa shape index (κ1) is 37.5. The molecule has 2 aromatic heterocycles. The molecule has 6 atom stereocenters. The van der Waals surface area contributed by atoms with E-state index in [2.05, 4.69) is 30.6 Å². The number of nitrogens with zero attached hydrogens (tertiary/aromatic N) is 6. The Morgan fingerprint density at radius 3 is 2.00 bits per heavy atom. The SMILES string of the molecule is CC(=O)NC(CSC(c1cc(SC#N)ncn1)C1CCCC(C(SCC(NC(C)=O)C(=O)O)c2nccc(SC#N)n2)C1=O)C(=O)O. The molecule has 0 radical (unpaired) electrons. The number of carboxylic acid groups (broad SMARTS) is 2. The number of aromatic nitrogens is 4. The van der Waals surface area contributed by atoms with Crippen LogP contribution in [0.5, 0.6) is 0 Å². The molecule has 0 bridgehead atoms. The van der Waals surface area contributed by atoms with Crippen LogP contribution in [0.2, 0.25) is 0 Å². The van der Waals surface area contributed by atoms with Crippen molar-refractivity contribution in [2.24, 2.45) is 11.8 Å². The second-order valence-corrected chi connectivity index (χ2v) is 14.1. The van der Waals surface area contributed by atoms with Crippen LogP contribution in [0.4, 0.5) is 0 Å². The Hall–Kier alpha value is -3.91. The molecule has 6 unspecified atom stereocenters. The summed E-state index contributed by atoms with van der Waals surface area (Å²) < 4.78 is 0. The van der Waals surface area contributed by atoms with Gasteiger partial charge in [0.1, 0.15) is 50.9 Å². The largest absolute Gasteiger partial charge is 0.480 e. The lowest BCUT2D eigenvalue weighted by Gasteiger charge is -2.36. The van der Waals surface area contributed by atoms with Gasteiger partial charge in [-0.1, -0.05) is 6.42 Å². The average molecular weight is 719 g/mol. The minimum Gasteiger partial charge on any atom is -0.480 e. The van der Waals surface area contributed by atoms with E-state index in [-0.39, 0.29) is 23.1 Å². The summed E-state index contributed by atoms with van der Waals surface area (Å²) in [7, 11) is 0. The van der Waals surface area contributed by atoms with Crippen molar-refractivity contribution in [1.82, 2.24) is 30.6 Å². The van der Waals surface area contributed by atoms with E-state index in [0.29, 0.717) is 35.0 Å². The first-order chi connectivity index (χ1) is 22.4. The van der Waals surface area contributed by atoms with Crippen molar-refractivity contribution in [2.75, 3.05) is 11.5 Å². The van der Waals surface area contributed by atoms with Gasteiger partial charge in [-0.05, 0) is 25.0 Å². The van der Waals surface area contributed by atoms with E-state index in [1.165, 1.54) is 32.4 Å². The first-order valence-electron chi connectivity index (χ1n) is 14.0. The Labute approximate surface area is 286 Å². The highest BCUT2D eigenvalue weighted by Crippen LogP contribution is 2.48. The monoisotopic (exact) mass is 718 g/mol. The zero-order valence-corrected chi connectivity index (χ0v) is 28.3. The van der Waals surface area contributed by atoms with Crippen LogP contribution >= 0.6 is 47.0 Å².